The molecule has 40 heavy (non-hydrogen) atoms. The maximum absolute atomic E-state index is 6.81. The third kappa shape index (κ3) is 5.31. The van der Waals surface area contributed by atoms with Gasteiger partial charge in [0.2, 0.25) is 0 Å². The van der Waals surface area contributed by atoms with Crippen molar-refractivity contribution in [3.63, 3.8) is 0 Å². The fourth-order valence-corrected chi connectivity index (χ4v) is 7.22. The molecule has 0 radical (unpaired) electrons. The van der Waals surface area contributed by atoms with Crippen molar-refractivity contribution in [3.05, 3.63) is 93.0 Å². The van der Waals surface area contributed by atoms with Crippen molar-refractivity contribution in [2.45, 2.75) is 105 Å². The normalized spacial score (nSPS) is 18.1. The Hall–Kier alpha value is -2.74. The molecular weight excluding hydrogens is 488 g/mol. The van der Waals surface area contributed by atoms with Crippen LogP contribution in [0, 0.1) is 25.7 Å². The van der Waals surface area contributed by atoms with Gasteiger partial charge in [-0.1, -0.05) is 103 Å². The van der Waals surface area contributed by atoms with E-state index >= 15 is 0 Å². The van der Waals surface area contributed by atoms with Crippen LogP contribution in [0.3, 0.4) is 0 Å². The molecule has 0 saturated heterocycles. The van der Waals surface area contributed by atoms with Crippen LogP contribution in [0.2, 0.25) is 0 Å². The topological polar surface area (TPSA) is 18.5 Å². The van der Waals surface area contributed by atoms with E-state index in [1.165, 1.54) is 83.0 Å². The van der Waals surface area contributed by atoms with Crippen molar-refractivity contribution >= 4 is 0 Å². The second kappa shape index (κ2) is 12.8. The lowest BCUT2D eigenvalue weighted by Crippen LogP contribution is -2.30. The van der Waals surface area contributed by atoms with E-state index in [-0.39, 0.29) is 11.8 Å². The summed E-state index contributed by atoms with van der Waals surface area (Å²) in [5.74, 6) is 3.68. The molecule has 3 aromatic carbocycles. The summed E-state index contributed by atoms with van der Waals surface area (Å²) in [5.41, 5.74) is 11.3. The molecule has 3 aromatic rings. The van der Waals surface area contributed by atoms with Crippen LogP contribution in [0.25, 0.3) is 0 Å². The van der Waals surface area contributed by atoms with E-state index in [2.05, 4.69) is 90.1 Å². The first-order valence-electron chi connectivity index (χ1n) is 16.1. The van der Waals surface area contributed by atoms with Gasteiger partial charge in [0.25, 0.3) is 0 Å². The van der Waals surface area contributed by atoms with Crippen LogP contribution in [0.15, 0.2) is 48.5 Å². The number of rotatable bonds is 14. The first kappa shape index (κ1) is 28.8. The van der Waals surface area contributed by atoms with E-state index in [0.29, 0.717) is 11.8 Å². The quantitative estimate of drug-likeness (QED) is 0.140. The number of ether oxygens (including phenoxy) is 2. The van der Waals surface area contributed by atoms with Crippen LogP contribution in [-0.2, 0) is 0 Å². The number of unbranched alkanes of at least 4 members (excludes halogenated alkanes) is 2. The summed E-state index contributed by atoms with van der Waals surface area (Å²) in [5, 5.41) is 0. The molecule has 2 nitrogen and oxygen atoms in total. The summed E-state index contributed by atoms with van der Waals surface area (Å²) in [6.45, 7) is 15.3. The molecule has 214 valence electrons. The molecule has 3 unspecified atom stereocenters. The van der Waals surface area contributed by atoms with Gasteiger partial charge in [0.1, 0.15) is 11.5 Å². The fourth-order valence-electron chi connectivity index (χ4n) is 7.22. The smallest absolute Gasteiger partial charge is 0.124 e. The molecule has 0 aliphatic heterocycles. The highest BCUT2D eigenvalue weighted by molar-refractivity contribution is 5.75. The largest absolute Gasteiger partial charge is 0.493 e. The Morgan fingerprint density at radius 1 is 0.575 bits per heavy atom. The average Bonchev–Trinajstić information content (AvgIpc) is 2.99. The van der Waals surface area contributed by atoms with Crippen LogP contribution in [0.4, 0.5) is 0 Å². The van der Waals surface area contributed by atoms with E-state index < -0.39 is 0 Å². The highest BCUT2D eigenvalue weighted by Crippen LogP contribution is 2.61. The minimum Gasteiger partial charge on any atom is -0.493 e. The Kier molecular flexibility index (Phi) is 9.24. The third-order valence-corrected chi connectivity index (χ3v) is 9.74. The zero-order valence-electron chi connectivity index (χ0n) is 25.8. The minimum absolute atomic E-state index is 0.183. The van der Waals surface area contributed by atoms with Gasteiger partial charge in [-0.05, 0) is 84.0 Å². The lowest BCUT2D eigenvalue weighted by atomic mass is 9.59. The van der Waals surface area contributed by atoms with Crippen molar-refractivity contribution in [1.82, 2.24) is 0 Å². The number of hydrogen-bond acceptors (Lipinski definition) is 2. The molecular formula is C38H50O2. The van der Waals surface area contributed by atoms with E-state index in [0.717, 1.165) is 37.6 Å². The Morgan fingerprint density at radius 2 is 1.00 bits per heavy atom. The average molecular weight is 539 g/mol. The van der Waals surface area contributed by atoms with E-state index in [1.807, 2.05) is 0 Å². The van der Waals surface area contributed by atoms with Crippen LogP contribution in [-0.4, -0.2) is 13.2 Å². The summed E-state index contributed by atoms with van der Waals surface area (Å²) in [6, 6.07) is 18.2. The van der Waals surface area contributed by atoms with Gasteiger partial charge in [0.15, 0.2) is 0 Å². The first-order chi connectivity index (χ1) is 19.5. The van der Waals surface area contributed by atoms with Gasteiger partial charge in [-0.25, -0.2) is 0 Å². The summed E-state index contributed by atoms with van der Waals surface area (Å²) < 4.78 is 13.6. The van der Waals surface area contributed by atoms with Crippen LogP contribution < -0.4 is 9.47 Å². The number of benzene rings is 3. The van der Waals surface area contributed by atoms with Crippen molar-refractivity contribution in [3.8, 4) is 11.5 Å². The summed E-state index contributed by atoms with van der Waals surface area (Å²) in [7, 11) is 0. The predicted molar refractivity (Wildman–Crippen MR) is 168 cm³/mol. The van der Waals surface area contributed by atoms with Crippen molar-refractivity contribution in [2.75, 3.05) is 13.2 Å². The molecule has 2 heteroatoms. The van der Waals surface area contributed by atoms with Crippen LogP contribution >= 0.6 is 0 Å². The molecule has 2 bridgehead atoms. The molecule has 0 spiro atoms. The van der Waals surface area contributed by atoms with Crippen molar-refractivity contribution in [1.29, 1.82) is 0 Å². The van der Waals surface area contributed by atoms with Gasteiger partial charge >= 0.3 is 0 Å². The summed E-state index contributed by atoms with van der Waals surface area (Å²) in [4.78, 5) is 0. The molecule has 0 N–H and O–H groups in total. The van der Waals surface area contributed by atoms with Crippen LogP contribution in [0.1, 0.15) is 135 Å². The standard InChI is InChI=1S/C38H50O2/c1-7-11-15-27(9-3)23-39-31-21-22-32(40-24-28(10-4)16-12-8-2)38-36-30-18-14-13-17-29(30)35(37(31)38)33-25(5)19-20-26(6)34(33)36/h13-14,17-22,27-28,35-36H,7-12,15-16,23-24H2,1-6H3/t27?,28?,35-,36?/m1/s1. The van der Waals surface area contributed by atoms with Gasteiger partial charge in [-0.2, -0.15) is 0 Å². The minimum atomic E-state index is 0.183. The summed E-state index contributed by atoms with van der Waals surface area (Å²) >= 11 is 0. The zero-order chi connectivity index (χ0) is 28.2. The van der Waals surface area contributed by atoms with E-state index in [4.69, 9.17) is 9.47 Å². The number of hydrogen-bond donors (Lipinski definition) is 0. The lowest BCUT2D eigenvalue weighted by molar-refractivity contribution is 0.223. The molecule has 0 fully saturated rings. The van der Waals surface area contributed by atoms with Gasteiger partial charge in [-0.15, -0.1) is 0 Å². The fraction of sp³-hybridized carbons (Fsp3) is 0.526. The monoisotopic (exact) mass is 538 g/mol. The van der Waals surface area contributed by atoms with Crippen molar-refractivity contribution in [2.24, 2.45) is 11.8 Å². The highest BCUT2D eigenvalue weighted by Gasteiger charge is 2.46. The van der Waals surface area contributed by atoms with Crippen LogP contribution in [0.5, 0.6) is 11.5 Å². The number of aryl methyl sites for hydroxylation is 2. The van der Waals surface area contributed by atoms with Crippen molar-refractivity contribution < 1.29 is 9.47 Å². The Labute approximate surface area is 243 Å². The third-order valence-electron chi connectivity index (χ3n) is 9.74. The molecule has 4 atom stereocenters. The molecule has 3 aliphatic rings. The van der Waals surface area contributed by atoms with E-state index in [1.54, 1.807) is 0 Å². The molecule has 0 aromatic heterocycles. The van der Waals surface area contributed by atoms with Gasteiger partial charge < -0.3 is 9.47 Å². The predicted octanol–water partition coefficient (Wildman–Crippen LogP) is 10.5. The second-order valence-electron chi connectivity index (χ2n) is 12.4. The lowest BCUT2D eigenvalue weighted by Gasteiger charge is -2.45. The molecule has 0 saturated carbocycles. The molecule has 3 aliphatic carbocycles. The SMILES string of the molecule is CCCCC(CC)COc1ccc(OCC(CC)CCCC)c2c1C1c3ccccc3[C@@H]2c2c(C)ccc(C)c21. The maximum atomic E-state index is 6.81. The Morgan fingerprint density at radius 3 is 1.38 bits per heavy atom. The second-order valence-corrected chi connectivity index (χ2v) is 12.4. The van der Waals surface area contributed by atoms with Gasteiger partial charge in [-0.3, -0.25) is 0 Å². The maximum Gasteiger partial charge on any atom is 0.124 e. The highest BCUT2D eigenvalue weighted by atomic mass is 16.5. The molecule has 0 heterocycles. The first-order valence-corrected chi connectivity index (χ1v) is 16.1. The van der Waals surface area contributed by atoms with Gasteiger partial charge in [0, 0.05) is 23.0 Å². The molecule has 0 amide bonds. The summed E-state index contributed by atoms with van der Waals surface area (Å²) in [6.07, 6.45) is 9.83. The molecule has 6 rings (SSSR count). The van der Waals surface area contributed by atoms with Gasteiger partial charge in [0.05, 0.1) is 13.2 Å². The zero-order valence-corrected chi connectivity index (χ0v) is 25.8. The Bertz CT molecular complexity index is 1210. The van der Waals surface area contributed by atoms with E-state index in [9.17, 15) is 0 Å². The Balaban J connectivity index is 1.62.